The molecule has 24 heavy (non-hydrogen) atoms. The predicted octanol–water partition coefficient (Wildman–Crippen LogP) is 2.47. The molecule has 2 aromatic rings. The van der Waals surface area contributed by atoms with Crippen LogP contribution in [0.5, 0.6) is 11.5 Å². The largest absolute Gasteiger partial charge is 0.482 e. The number of anilines is 1. The second-order valence-corrected chi connectivity index (χ2v) is 5.86. The summed E-state index contributed by atoms with van der Waals surface area (Å²) in [7, 11) is 2.00. The summed E-state index contributed by atoms with van der Waals surface area (Å²) >= 11 is 0. The van der Waals surface area contributed by atoms with Crippen molar-refractivity contribution in [2.75, 3.05) is 25.0 Å². The Bertz CT molecular complexity index is 690. The van der Waals surface area contributed by atoms with Gasteiger partial charge >= 0.3 is 0 Å². The highest BCUT2D eigenvalue weighted by Gasteiger charge is 2.33. The number of hydrogen-bond donors (Lipinski definition) is 1. The lowest BCUT2D eigenvalue weighted by Crippen LogP contribution is -2.50. The molecule has 0 aliphatic carbocycles. The second kappa shape index (κ2) is 7.25. The summed E-state index contributed by atoms with van der Waals surface area (Å²) in [6.45, 7) is 3.10. The minimum absolute atomic E-state index is 0.154. The first kappa shape index (κ1) is 16.2. The molecule has 2 atom stereocenters. The van der Waals surface area contributed by atoms with Gasteiger partial charge in [0, 0.05) is 25.8 Å². The van der Waals surface area contributed by atoms with Gasteiger partial charge in [0.25, 0.3) is 5.91 Å². The van der Waals surface area contributed by atoms with Gasteiger partial charge in [-0.25, -0.2) is 0 Å². The predicted molar refractivity (Wildman–Crippen MR) is 93.7 cm³/mol. The van der Waals surface area contributed by atoms with Gasteiger partial charge in [-0.3, -0.25) is 4.79 Å². The maximum Gasteiger partial charge on any atom is 0.265 e. The number of nitrogens with one attached hydrogen (secondary N) is 1. The molecule has 1 aliphatic heterocycles. The number of fused-ring (bicyclic) bond motifs is 1. The maximum absolute atomic E-state index is 12.4. The van der Waals surface area contributed by atoms with Crippen LogP contribution in [0, 0.1) is 0 Å². The van der Waals surface area contributed by atoms with Crippen molar-refractivity contribution in [1.82, 2.24) is 5.32 Å². The van der Waals surface area contributed by atoms with E-state index in [9.17, 15) is 4.79 Å². The number of benzene rings is 2. The Labute approximate surface area is 142 Å². The van der Waals surface area contributed by atoms with Gasteiger partial charge in [0.2, 0.25) is 6.10 Å². The smallest absolute Gasteiger partial charge is 0.265 e. The zero-order chi connectivity index (χ0) is 16.9. The molecule has 0 spiro atoms. The van der Waals surface area contributed by atoms with Crippen LogP contribution in [0.15, 0.2) is 54.6 Å². The molecule has 0 bridgehead atoms. The third-order valence-corrected chi connectivity index (χ3v) is 4.04. The molecule has 0 radical (unpaired) electrons. The fraction of sp³-hybridized carbons (Fsp3) is 0.316. The van der Waals surface area contributed by atoms with Crippen LogP contribution >= 0.6 is 0 Å². The molecule has 1 N–H and O–H groups in total. The summed E-state index contributed by atoms with van der Waals surface area (Å²) in [6.07, 6.45) is -0.964. The van der Waals surface area contributed by atoms with Gasteiger partial charge in [0.1, 0.15) is 6.10 Å². The van der Waals surface area contributed by atoms with Crippen LogP contribution < -0.4 is 19.7 Å². The maximum atomic E-state index is 12.4. The average molecular weight is 326 g/mol. The van der Waals surface area contributed by atoms with E-state index in [0.29, 0.717) is 24.6 Å². The fourth-order valence-corrected chi connectivity index (χ4v) is 2.67. The highest BCUT2D eigenvalue weighted by Crippen LogP contribution is 2.33. The molecule has 0 saturated carbocycles. The Hall–Kier alpha value is -2.69. The van der Waals surface area contributed by atoms with Crippen LogP contribution in [0.25, 0.3) is 0 Å². The van der Waals surface area contributed by atoms with E-state index in [4.69, 9.17) is 9.47 Å². The SMILES string of the molecule is C[C@@H]1Oc2ccccc2O[C@@H]1C(=O)NCCN(C)c1ccccc1. The molecule has 1 heterocycles. The summed E-state index contributed by atoms with van der Waals surface area (Å²) in [5, 5.41) is 2.93. The van der Waals surface area contributed by atoms with Gasteiger partial charge in [-0.2, -0.15) is 0 Å². The van der Waals surface area contributed by atoms with Gasteiger partial charge in [0.15, 0.2) is 11.5 Å². The number of amides is 1. The molecule has 0 fully saturated rings. The van der Waals surface area contributed by atoms with Gasteiger partial charge in [-0.1, -0.05) is 30.3 Å². The molecule has 0 saturated heterocycles. The van der Waals surface area contributed by atoms with Crippen LogP contribution in [-0.2, 0) is 4.79 Å². The van der Waals surface area contributed by atoms with Crippen LogP contribution in [0.1, 0.15) is 6.92 Å². The summed E-state index contributed by atoms with van der Waals surface area (Å²) in [6, 6.07) is 17.5. The summed E-state index contributed by atoms with van der Waals surface area (Å²) < 4.78 is 11.6. The first-order valence-electron chi connectivity index (χ1n) is 8.11. The highest BCUT2D eigenvalue weighted by molar-refractivity contribution is 5.82. The van der Waals surface area contributed by atoms with E-state index in [2.05, 4.69) is 10.2 Å². The first-order valence-corrected chi connectivity index (χ1v) is 8.11. The lowest BCUT2D eigenvalue weighted by Gasteiger charge is -2.31. The molecular weight excluding hydrogens is 304 g/mol. The Kier molecular flexibility index (Phi) is 4.89. The molecule has 5 heteroatoms. The monoisotopic (exact) mass is 326 g/mol. The normalized spacial score (nSPS) is 18.8. The van der Waals surface area contributed by atoms with E-state index >= 15 is 0 Å². The highest BCUT2D eigenvalue weighted by atomic mass is 16.6. The summed E-state index contributed by atoms with van der Waals surface area (Å²) in [5.41, 5.74) is 1.12. The number of ether oxygens (including phenoxy) is 2. The van der Waals surface area contributed by atoms with Crippen molar-refractivity contribution in [2.45, 2.75) is 19.1 Å². The number of nitrogens with zero attached hydrogens (tertiary/aromatic N) is 1. The first-order chi connectivity index (χ1) is 11.6. The lowest BCUT2D eigenvalue weighted by molar-refractivity contribution is -0.133. The van der Waals surface area contributed by atoms with Gasteiger partial charge < -0.3 is 19.7 Å². The van der Waals surface area contributed by atoms with Gasteiger partial charge in [0.05, 0.1) is 0 Å². The standard InChI is InChI=1S/C19H22N2O3/c1-14-18(24-17-11-7-6-10-16(17)23-14)19(22)20-12-13-21(2)15-8-4-3-5-9-15/h3-11,14,18H,12-13H2,1-2H3,(H,20,22)/t14-,18-/m0/s1. The molecule has 1 aliphatic rings. The Balaban J connectivity index is 1.52. The number of likely N-dealkylation sites (N-methyl/N-ethyl adjacent to an activating group) is 1. The Morgan fingerprint density at radius 2 is 1.67 bits per heavy atom. The average Bonchev–Trinajstić information content (AvgIpc) is 2.61. The molecule has 3 rings (SSSR count). The zero-order valence-electron chi connectivity index (χ0n) is 13.9. The summed E-state index contributed by atoms with van der Waals surface area (Å²) in [5.74, 6) is 1.13. The summed E-state index contributed by atoms with van der Waals surface area (Å²) in [4.78, 5) is 14.5. The minimum Gasteiger partial charge on any atom is -0.482 e. The van der Waals surface area contributed by atoms with Crippen LogP contribution in [0.2, 0.25) is 0 Å². The van der Waals surface area contributed by atoms with Crippen molar-refractivity contribution >= 4 is 11.6 Å². The van der Waals surface area contributed by atoms with E-state index in [-0.39, 0.29) is 12.0 Å². The second-order valence-electron chi connectivity index (χ2n) is 5.86. The molecular formula is C19H22N2O3. The number of carbonyl (C=O) groups is 1. The van der Waals surface area contributed by atoms with Crippen molar-refractivity contribution in [3.05, 3.63) is 54.6 Å². The lowest BCUT2D eigenvalue weighted by atomic mass is 10.1. The van der Waals surface area contributed by atoms with E-state index in [0.717, 1.165) is 5.69 Å². The van der Waals surface area contributed by atoms with Crippen molar-refractivity contribution < 1.29 is 14.3 Å². The number of para-hydroxylation sites is 3. The van der Waals surface area contributed by atoms with E-state index in [1.54, 1.807) is 0 Å². The van der Waals surface area contributed by atoms with E-state index in [1.807, 2.05) is 68.6 Å². The van der Waals surface area contributed by atoms with E-state index in [1.165, 1.54) is 0 Å². The Morgan fingerprint density at radius 3 is 2.38 bits per heavy atom. The fourth-order valence-electron chi connectivity index (χ4n) is 2.67. The van der Waals surface area contributed by atoms with Crippen LogP contribution in [-0.4, -0.2) is 38.3 Å². The molecule has 1 amide bonds. The molecule has 5 nitrogen and oxygen atoms in total. The van der Waals surface area contributed by atoms with Gasteiger partial charge in [-0.15, -0.1) is 0 Å². The van der Waals surface area contributed by atoms with Crippen molar-refractivity contribution in [3.63, 3.8) is 0 Å². The minimum atomic E-state index is -0.637. The topological polar surface area (TPSA) is 50.8 Å². The van der Waals surface area contributed by atoms with E-state index < -0.39 is 6.10 Å². The Morgan fingerprint density at radius 1 is 1.04 bits per heavy atom. The van der Waals surface area contributed by atoms with Gasteiger partial charge in [-0.05, 0) is 31.2 Å². The molecule has 0 unspecified atom stereocenters. The van der Waals surface area contributed by atoms with Crippen molar-refractivity contribution in [2.24, 2.45) is 0 Å². The molecule has 0 aromatic heterocycles. The van der Waals surface area contributed by atoms with Crippen LogP contribution in [0.3, 0.4) is 0 Å². The molecule has 126 valence electrons. The number of hydrogen-bond acceptors (Lipinski definition) is 4. The third kappa shape index (κ3) is 3.62. The van der Waals surface area contributed by atoms with Crippen LogP contribution in [0.4, 0.5) is 5.69 Å². The number of rotatable bonds is 5. The zero-order valence-corrected chi connectivity index (χ0v) is 13.9. The number of carbonyl (C=O) groups excluding carboxylic acids is 1. The quantitative estimate of drug-likeness (QED) is 0.917. The van der Waals surface area contributed by atoms with Crippen molar-refractivity contribution in [1.29, 1.82) is 0 Å². The third-order valence-electron chi connectivity index (χ3n) is 4.04. The molecule has 2 aromatic carbocycles. The van der Waals surface area contributed by atoms with Crippen molar-refractivity contribution in [3.8, 4) is 11.5 Å².